The Morgan fingerprint density at radius 3 is 2.19 bits per heavy atom. The molecule has 0 unspecified atom stereocenters. The number of benzene rings is 2. The van der Waals surface area contributed by atoms with Crippen molar-refractivity contribution in [3.8, 4) is 0 Å². The summed E-state index contributed by atoms with van der Waals surface area (Å²) in [5, 5.41) is 5.64. The molecule has 0 spiro atoms. The van der Waals surface area contributed by atoms with E-state index in [0.717, 1.165) is 22.4 Å². The second kappa shape index (κ2) is 8.38. The summed E-state index contributed by atoms with van der Waals surface area (Å²) >= 11 is 0. The molecule has 0 aliphatic rings. The van der Waals surface area contributed by atoms with E-state index < -0.39 is 0 Å². The van der Waals surface area contributed by atoms with Gasteiger partial charge in [-0.15, -0.1) is 0 Å². The molecule has 4 heteroatoms. The summed E-state index contributed by atoms with van der Waals surface area (Å²) < 4.78 is 0. The first-order chi connectivity index (χ1) is 12.6. The molecule has 0 atom stereocenters. The van der Waals surface area contributed by atoms with Gasteiger partial charge >= 0.3 is 0 Å². The SMILES string of the molecule is Cc1cccc(C(C)C)c1NC(=O)CNC(=O)c1ccc(C(C)(C)C)cc1. The van der Waals surface area contributed by atoms with Crippen molar-refractivity contribution in [2.24, 2.45) is 0 Å². The Morgan fingerprint density at radius 1 is 1.00 bits per heavy atom. The lowest BCUT2D eigenvalue weighted by molar-refractivity contribution is -0.115. The molecule has 2 rings (SSSR count). The molecule has 2 aromatic carbocycles. The van der Waals surface area contributed by atoms with Gasteiger partial charge in [0.1, 0.15) is 0 Å². The van der Waals surface area contributed by atoms with Crippen LogP contribution in [-0.2, 0) is 10.2 Å². The first kappa shape index (κ1) is 20.7. The predicted octanol–water partition coefficient (Wildman–Crippen LogP) is 4.78. The molecule has 0 saturated heterocycles. The van der Waals surface area contributed by atoms with Gasteiger partial charge in [0.05, 0.1) is 6.54 Å². The molecule has 0 saturated carbocycles. The van der Waals surface area contributed by atoms with Gasteiger partial charge in [-0.25, -0.2) is 0 Å². The molecule has 27 heavy (non-hydrogen) atoms. The van der Waals surface area contributed by atoms with E-state index >= 15 is 0 Å². The Bertz CT molecular complexity index is 815. The number of hydrogen-bond acceptors (Lipinski definition) is 2. The normalized spacial score (nSPS) is 11.4. The summed E-state index contributed by atoms with van der Waals surface area (Å²) in [4.78, 5) is 24.6. The maximum absolute atomic E-state index is 12.3. The van der Waals surface area contributed by atoms with E-state index in [0.29, 0.717) is 11.5 Å². The monoisotopic (exact) mass is 366 g/mol. The van der Waals surface area contributed by atoms with Gasteiger partial charge in [-0.1, -0.05) is 65.0 Å². The molecule has 4 nitrogen and oxygen atoms in total. The third-order valence-corrected chi connectivity index (χ3v) is 4.61. The number of para-hydroxylation sites is 1. The second-order valence-corrected chi connectivity index (χ2v) is 8.25. The van der Waals surface area contributed by atoms with Crippen LogP contribution in [0.2, 0.25) is 0 Å². The quantitative estimate of drug-likeness (QED) is 0.800. The van der Waals surface area contributed by atoms with E-state index in [4.69, 9.17) is 0 Å². The van der Waals surface area contributed by atoms with E-state index in [-0.39, 0.29) is 23.8 Å². The summed E-state index contributed by atoms with van der Waals surface area (Å²) in [6.45, 7) is 12.5. The van der Waals surface area contributed by atoms with E-state index in [1.807, 2.05) is 37.3 Å². The molecule has 0 aliphatic heterocycles. The molecule has 2 N–H and O–H groups in total. The van der Waals surface area contributed by atoms with Gasteiger partial charge in [0.25, 0.3) is 5.91 Å². The van der Waals surface area contributed by atoms with Crippen LogP contribution in [0.5, 0.6) is 0 Å². The molecule has 2 amide bonds. The summed E-state index contributed by atoms with van der Waals surface area (Å²) in [5.41, 5.74) is 4.69. The van der Waals surface area contributed by atoms with Gasteiger partial charge < -0.3 is 10.6 Å². The fourth-order valence-electron chi connectivity index (χ4n) is 2.91. The minimum absolute atomic E-state index is 0.0383. The van der Waals surface area contributed by atoms with Crippen LogP contribution in [0.1, 0.15) is 67.6 Å². The molecule has 0 bridgehead atoms. The number of aryl methyl sites for hydroxylation is 1. The highest BCUT2D eigenvalue weighted by Gasteiger charge is 2.15. The van der Waals surface area contributed by atoms with Crippen molar-refractivity contribution in [3.05, 3.63) is 64.7 Å². The highest BCUT2D eigenvalue weighted by atomic mass is 16.2. The molecule has 144 valence electrons. The largest absolute Gasteiger partial charge is 0.343 e. The Hall–Kier alpha value is -2.62. The van der Waals surface area contributed by atoms with Crippen LogP contribution >= 0.6 is 0 Å². The number of hydrogen-bond donors (Lipinski definition) is 2. The predicted molar refractivity (Wildman–Crippen MR) is 111 cm³/mol. The van der Waals surface area contributed by atoms with Crippen LogP contribution in [0.25, 0.3) is 0 Å². The molecule has 0 radical (unpaired) electrons. The molecule has 0 aliphatic carbocycles. The van der Waals surface area contributed by atoms with Crippen molar-refractivity contribution >= 4 is 17.5 Å². The van der Waals surface area contributed by atoms with Crippen molar-refractivity contribution < 1.29 is 9.59 Å². The summed E-state index contributed by atoms with van der Waals surface area (Å²) in [5.74, 6) is -0.179. The number of anilines is 1. The van der Waals surface area contributed by atoms with E-state index in [2.05, 4.69) is 45.3 Å². The van der Waals surface area contributed by atoms with Crippen LogP contribution in [0, 0.1) is 6.92 Å². The van der Waals surface area contributed by atoms with Gasteiger partial charge in [-0.2, -0.15) is 0 Å². The minimum atomic E-state index is -0.250. The fraction of sp³-hybridized carbons (Fsp3) is 0.391. The van der Waals surface area contributed by atoms with Crippen molar-refractivity contribution in [1.82, 2.24) is 5.32 Å². The second-order valence-electron chi connectivity index (χ2n) is 8.25. The zero-order valence-electron chi connectivity index (χ0n) is 17.1. The first-order valence-electron chi connectivity index (χ1n) is 9.37. The smallest absolute Gasteiger partial charge is 0.251 e. The highest BCUT2D eigenvalue weighted by molar-refractivity contribution is 5.99. The highest BCUT2D eigenvalue weighted by Crippen LogP contribution is 2.27. The van der Waals surface area contributed by atoms with Gasteiger partial charge in [-0.05, 0) is 47.1 Å². The van der Waals surface area contributed by atoms with Crippen LogP contribution < -0.4 is 10.6 Å². The van der Waals surface area contributed by atoms with Crippen molar-refractivity contribution in [3.63, 3.8) is 0 Å². The van der Waals surface area contributed by atoms with Crippen molar-refractivity contribution in [1.29, 1.82) is 0 Å². The standard InChI is InChI=1S/C23H30N2O2/c1-15(2)19-9-7-8-16(3)21(19)25-20(26)14-24-22(27)17-10-12-18(13-11-17)23(4,5)6/h7-13,15H,14H2,1-6H3,(H,24,27)(H,25,26). The maximum Gasteiger partial charge on any atom is 0.251 e. The summed E-state index contributed by atoms with van der Waals surface area (Å²) in [6.07, 6.45) is 0. The van der Waals surface area contributed by atoms with Gasteiger partial charge in [-0.3, -0.25) is 9.59 Å². The van der Waals surface area contributed by atoms with E-state index in [9.17, 15) is 9.59 Å². The lowest BCUT2D eigenvalue weighted by atomic mass is 9.87. The lowest BCUT2D eigenvalue weighted by Crippen LogP contribution is -2.33. The van der Waals surface area contributed by atoms with Crippen LogP contribution in [-0.4, -0.2) is 18.4 Å². The number of amides is 2. The van der Waals surface area contributed by atoms with Crippen LogP contribution in [0.15, 0.2) is 42.5 Å². The number of carbonyl (C=O) groups excluding carboxylic acids is 2. The summed E-state index contributed by atoms with van der Waals surface area (Å²) in [7, 11) is 0. The van der Waals surface area contributed by atoms with Crippen LogP contribution in [0.4, 0.5) is 5.69 Å². The third kappa shape index (κ3) is 5.43. The first-order valence-corrected chi connectivity index (χ1v) is 9.37. The molecular formula is C23H30N2O2. The number of nitrogens with one attached hydrogen (secondary N) is 2. The number of carbonyl (C=O) groups is 2. The van der Waals surface area contributed by atoms with Gasteiger partial charge in [0.15, 0.2) is 0 Å². The third-order valence-electron chi connectivity index (χ3n) is 4.61. The lowest BCUT2D eigenvalue weighted by Gasteiger charge is -2.19. The zero-order chi connectivity index (χ0) is 20.2. The van der Waals surface area contributed by atoms with Crippen molar-refractivity contribution in [2.75, 3.05) is 11.9 Å². The fourth-order valence-corrected chi connectivity index (χ4v) is 2.91. The molecular weight excluding hydrogens is 336 g/mol. The topological polar surface area (TPSA) is 58.2 Å². The Labute approximate surface area is 162 Å². The Kier molecular flexibility index (Phi) is 6.42. The molecule has 2 aromatic rings. The Morgan fingerprint density at radius 2 is 1.63 bits per heavy atom. The molecule has 0 aromatic heterocycles. The molecule has 0 fully saturated rings. The Balaban J connectivity index is 1.99. The minimum Gasteiger partial charge on any atom is -0.343 e. The zero-order valence-corrected chi connectivity index (χ0v) is 17.1. The van der Waals surface area contributed by atoms with Crippen molar-refractivity contribution in [2.45, 2.75) is 52.9 Å². The maximum atomic E-state index is 12.3. The van der Waals surface area contributed by atoms with Gasteiger partial charge in [0, 0.05) is 11.3 Å². The van der Waals surface area contributed by atoms with E-state index in [1.54, 1.807) is 12.1 Å². The average molecular weight is 367 g/mol. The molecule has 0 heterocycles. The van der Waals surface area contributed by atoms with Crippen LogP contribution in [0.3, 0.4) is 0 Å². The number of rotatable bonds is 5. The average Bonchev–Trinajstić information content (AvgIpc) is 2.60. The summed E-state index contributed by atoms with van der Waals surface area (Å²) in [6, 6.07) is 13.5. The van der Waals surface area contributed by atoms with E-state index in [1.165, 1.54) is 0 Å². The van der Waals surface area contributed by atoms with Gasteiger partial charge in [0.2, 0.25) is 5.91 Å².